The molecule has 0 amide bonds. The van der Waals surface area contributed by atoms with E-state index in [1.54, 1.807) is 0 Å². The van der Waals surface area contributed by atoms with Crippen LogP contribution in [-0.2, 0) is 0 Å². The average molecular weight is 142 g/mol. The van der Waals surface area contributed by atoms with E-state index < -0.39 is 18.2 Å². The Kier molecular flexibility index (Phi) is 2.49. The lowest BCUT2D eigenvalue weighted by Crippen LogP contribution is -2.37. The molecule has 0 rings (SSSR count). The van der Waals surface area contributed by atoms with Crippen LogP contribution in [0.15, 0.2) is 0 Å². The van der Waals surface area contributed by atoms with Gasteiger partial charge in [-0.2, -0.15) is 0 Å². The third-order valence-electron chi connectivity index (χ3n) is 0.896. The van der Waals surface area contributed by atoms with Gasteiger partial charge in [0.1, 0.15) is 0 Å². The van der Waals surface area contributed by atoms with Crippen molar-refractivity contribution in [3.63, 3.8) is 0 Å². The first-order chi connectivity index (χ1) is 3.85. The molecule has 1 N–H and O–H groups in total. The standard InChI is InChI=1S/C5H9F3O/c1-5(2,9)3(6)4(7)8/h3-4,9H,1-2H3. The minimum absolute atomic E-state index is 1.00. The Labute approximate surface area is 51.5 Å². The van der Waals surface area contributed by atoms with Crippen LogP contribution in [0.1, 0.15) is 13.8 Å². The molecule has 0 heterocycles. The maximum atomic E-state index is 12.0. The summed E-state index contributed by atoms with van der Waals surface area (Å²) in [6.45, 7) is 2.01. The van der Waals surface area contributed by atoms with Crippen LogP contribution < -0.4 is 0 Å². The Morgan fingerprint density at radius 3 is 1.56 bits per heavy atom. The van der Waals surface area contributed by atoms with E-state index in [1.807, 2.05) is 0 Å². The molecular weight excluding hydrogens is 133 g/mol. The number of alkyl halides is 3. The molecule has 1 nitrogen and oxygen atoms in total. The van der Waals surface area contributed by atoms with Crippen molar-refractivity contribution < 1.29 is 18.3 Å². The van der Waals surface area contributed by atoms with Gasteiger partial charge in [-0.1, -0.05) is 0 Å². The zero-order valence-corrected chi connectivity index (χ0v) is 5.24. The molecule has 0 aliphatic rings. The summed E-state index contributed by atoms with van der Waals surface area (Å²) in [5.41, 5.74) is -1.94. The van der Waals surface area contributed by atoms with E-state index in [2.05, 4.69) is 0 Å². The van der Waals surface area contributed by atoms with Crippen molar-refractivity contribution in [2.24, 2.45) is 0 Å². The van der Waals surface area contributed by atoms with E-state index >= 15 is 0 Å². The number of hydrogen-bond donors (Lipinski definition) is 1. The van der Waals surface area contributed by atoms with E-state index in [-0.39, 0.29) is 0 Å². The Bertz CT molecular complexity index is 86.7. The van der Waals surface area contributed by atoms with E-state index in [4.69, 9.17) is 5.11 Å². The monoisotopic (exact) mass is 142 g/mol. The molecule has 0 radical (unpaired) electrons. The van der Waals surface area contributed by atoms with E-state index in [9.17, 15) is 13.2 Å². The molecular formula is C5H9F3O. The summed E-state index contributed by atoms with van der Waals surface area (Å²) in [6.07, 6.45) is -5.57. The fraction of sp³-hybridized carbons (Fsp3) is 1.00. The lowest BCUT2D eigenvalue weighted by atomic mass is 10.0. The molecule has 0 aromatic rings. The summed E-state index contributed by atoms with van der Waals surface area (Å²) in [5.74, 6) is 0. The molecule has 0 aliphatic carbocycles. The number of hydrogen-bond acceptors (Lipinski definition) is 1. The number of rotatable bonds is 2. The van der Waals surface area contributed by atoms with Crippen LogP contribution in [0.2, 0.25) is 0 Å². The molecule has 0 aliphatic heterocycles. The minimum Gasteiger partial charge on any atom is -0.387 e. The van der Waals surface area contributed by atoms with Crippen LogP contribution in [0, 0.1) is 0 Å². The van der Waals surface area contributed by atoms with Crippen molar-refractivity contribution in [2.75, 3.05) is 0 Å². The second-order valence-electron chi connectivity index (χ2n) is 2.39. The molecule has 4 heteroatoms. The van der Waals surface area contributed by atoms with Gasteiger partial charge in [0.15, 0.2) is 6.17 Å². The third kappa shape index (κ3) is 2.70. The maximum Gasteiger partial charge on any atom is 0.272 e. The van der Waals surface area contributed by atoms with Crippen molar-refractivity contribution in [3.8, 4) is 0 Å². The van der Waals surface area contributed by atoms with Crippen molar-refractivity contribution in [1.29, 1.82) is 0 Å². The van der Waals surface area contributed by atoms with Crippen LogP contribution in [0.5, 0.6) is 0 Å². The highest BCUT2D eigenvalue weighted by atomic mass is 19.3. The normalized spacial score (nSPS) is 16.3. The van der Waals surface area contributed by atoms with Crippen LogP contribution in [-0.4, -0.2) is 23.3 Å². The highest BCUT2D eigenvalue weighted by molar-refractivity contribution is 4.78. The topological polar surface area (TPSA) is 20.2 Å². The van der Waals surface area contributed by atoms with Gasteiger partial charge in [-0.25, -0.2) is 13.2 Å². The molecule has 0 bridgehead atoms. The maximum absolute atomic E-state index is 12.0. The van der Waals surface area contributed by atoms with Crippen LogP contribution in [0.4, 0.5) is 13.2 Å². The van der Waals surface area contributed by atoms with Crippen LogP contribution in [0.3, 0.4) is 0 Å². The first kappa shape index (κ1) is 8.75. The summed E-state index contributed by atoms with van der Waals surface area (Å²) < 4.78 is 34.8. The number of halogens is 3. The zero-order chi connectivity index (χ0) is 7.65. The minimum atomic E-state index is -3.11. The Hall–Kier alpha value is -0.250. The average Bonchev–Trinajstić information content (AvgIpc) is 1.62. The largest absolute Gasteiger partial charge is 0.387 e. The molecule has 56 valence electrons. The van der Waals surface area contributed by atoms with E-state index in [0.717, 1.165) is 13.8 Å². The molecule has 0 aromatic heterocycles. The quantitative estimate of drug-likeness (QED) is 0.617. The highest BCUT2D eigenvalue weighted by Gasteiger charge is 2.34. The summed E-state index contributed by atoms with van der Waals surface area (Å²) in [5, 5.41) is 8.60. The predicted octanol–water partition coefficient (Wildman–Crippen LogP) is 1.36. The van der Waals surface area contributed by atoms with Gasteiger partial charge < -0.3 is 5.11 Å². The van der Waals surface area contributed by atoms with Crippen molar-refractivity contribution >= 4 is 0 Å². The van der Waals surface area contributed by atoms with Gasteiger partial charge in [0, 0.05) is 0 Å². The van der Waals surface area contributed by atoms with Gasteiger partial charge in [-0.3, -0.25) is 0 Å². The van der Waals surface area contributed by atoms with Crippen molar-refractivity contribution in [3.05, 3.63) is 0 Å². The van der Waals surface area contributed by atoms with Gasteiger partial charge >= 0.3 is 0 Å². The van der Waals surface area contributed by atoms with Gasteiger partial charge in [0.25, 0.3) is 6.43 Å². The Balaban J connectivity index is 3.88. The predicted molar refractivity (Wildman–Crippen MR) is 27.2 cm³/mol. The van der Waals surface area contributed by atoms with Crippen LogP contribution in [0.25, 0.3) is 0 Å². The summed E-state index contributed by atoms with van der Waals surface area (Å²) in [7, 11) is 0. The number of aliphatic hydroxyl groups is 1. The summed E-state index contributed by atoms with van der Waals surface area (Å²) >= 11 is 0. The third-order valence-corrected chi connectivity index (χ3v) is 0.896. The van der Waals surface area contributed by atoms with E-state index in [0.29, 0.717) is 0 Å². The molecule has 0 saturated carbocycles. The highest BCUT2D eigenvalue weighted by Crippen LogP contribution is 2.18. The lowest BCUT2D eigenvalue weighted by molar-refractivity contribution is -0.0775. The smallest absolute Gasteiger partial charge is 0.272 e. The zero-order valence-electron chi connectivity index (χ0n) is 5.24. The Morgan fingerprint density at radius 1 is 1.22 bits per heavy atom. The van der Waals surface area contributed by atoms with Gasteiger partial charge in [-0.15, -0.1) is 0 Å². The van der Waals surface area contributed by atoms with Gasteiger partial charge in [0.05, 0.1) is 5.60 Å². The van der Waals surface area contributed by atoms with Crippen molar-refractivity contribution in [1.82, 2.24) is 0 Å². The summed E-state index contributed by atoms with van der Waals surface area (Å²) in [4.78, 5) is 0. The fourth-order valence-corrected chi connectivity index (χ4v) is 0.308. The van der Waals surface area contributed by atoms with Crippen LogP contribution >= 0.6 is 0 Å². The van der Waals surface area contributed by atoms with Gasteiger partial charge in [0.2, 0.25) is 0 Å². The van der Waals surface area contributed by atoms with Gasteiger partial charge in [-0.05, 0) is 13.8 Å². The molecule has 0 spiro atoms. The molecule has 1 atom stereocenters. The molecule has 9 heavy (non-hydrogen) atoms. The summed E-state index contributed by atoms with van der Waals surface area (Å²) in [6, 6.07) is 0. The van der Waals surface area contributed by atoms with Crippen molar-refractivity contribution in [2.45, 2.75) is 32.0 Å². The molecule has 1 unspecified atom stereocenters. The molecule has 0 saturated heterocycles. The lowest BCUT2D eigenvalue weighted by Gasteiger charge is -2.20. The second-order valence-corrected chi connectivity index (χ2v) is 2.39. The second kappa shape index (κ2) is 2.56. The Morgan fingerprint density at radius 2 is 1.56 bits per heavy atom. The van der Waals surface area contributed by atoms with E-state index in [1.165, 1.54) is 0 Å². The first-order valence-corrected chi connectivity index (χ1v) is 2.50. The fourth-order valence-electron chi connectivity index (χ4n) is 0.308. The molecule has 0 fully saturated rings. The SMILES string of the molecule is CC(C)(O)C(F)C(F)F. The first-order valence-electron chi connectivity index (χ1n) is 2.50. The molecule has 0 aromatic carbocycles.